The van der Waals surface area contributed by atoms with Crippen LogP contribution in [0.5, 0.6) is 0 Å². The molecule has 0 saturated carbocycles. The first kappa shape index (κ1) is 19.9. The molecule has 22 heavy (non-hydrogen) atoms. The lowest BCUT2D eigenvalue weighted by Crippen LogP contribution is -2.35. The number of hydrogen-bond acceptors (Lipinski definition) is 4. The van der Waals surface area contributed by atoms with Crippen LogP contribution < -0.4 is 10.2 Å². The van der Waals surface area contributed by atoms with Crippen LogP contribution in [-0.2, 0) is 8.67 Å². The van der Waals surface area contributed by atoms with Gasteiger partial charge in [-0.3, -0.25) is 0 Å². The molecule has 0 fully saturated rings. The Balaban J connectivity index is 3.95. The number of halogens is 6. The van der Waals surface area contributed by atoms with Crippen LogP contribution in [-0.4, -0.2) is 23.7 Å². The zero-order valence-corrected chi connectivity index (χ0v) is 15.0. The summed E-state index contributed by atoms with van der Waals surface area (Å²) in [4.78, 5) is 22.5. The number of alkyl halides is 6. The lowest BCUT2D eigenvalue weighted by molar-refractivity contribution is -0.259. The second-order valence-electron chi connectivity index (χ2n) is 4.16. The molecule has 0 saturated heterocycles. The van der Waals surface area contributed by atoms with Crippen molar-refractivity contribution in [3.05, 3.63) is 34.4 Å². The number of aromatic carboxylic acids is 2. The molecule has 1 rings (SSSR count). The van der Waals surface area contributed by atoms with Crippen LogP contribution in [0.25, 0.3) is 0 Å². The summed E-state index contributed by atoms with van der Waals surface area (Å²) in [5.74, 6) is -4.46. The van der Waals surface area contributed by atoms with Gasteiger partial charge in [-0.25, -0.2) is 0 Å². The van der Waals surface area contributed by atoms with Crippen molar-refractivity contribution in [1.82, 2.24) is 0 Å². The van der Waals surface area contributed by atoms with Gasteiger partial charge in [0.25, 0.3) is 0 Å². The predicted octanol–water partition coefficient (Wildman–Crippen LogP) is 2.15. The van der Waals surface area contributed by atoms with Crippen molar-refractivity contribution in [1.29, 1.82) is 0 Å². The predicted molar refractivity (Wildman–Crippen MR) is 83.3 cm³/mol. The molecule has 0 heterocycles. The highest BCUT2D eigenvalue weighted by molar-refractivity contribution is 6.53. The molecule has 0 radical (unpaired) electrons. The van der Waals surface area contributed by atoms with Crippen molar-refractivity contribution >= 4 is 81.5 Å². The molecule has 0 bridgehead atoms. The molecule has 0 atom stereocenters. The first-order valence-corrected chi connectivity index (χ1v) is 8.06. The second-order valence-corrected chi connectivity index (χ2v) is 7.66. The van der Waals surface area contributed by atoms with E-state index in [2.05, 4.69) is 0 Å². The summed E-state index contributed by atoms with van der Waals surface area (Å²) < 4.78 is -3.79. The van der Waals surface area contributed by atoms with E-state index in [9.17, 15) is 19.8 Å². The van der Waals surface area contributed by atoms with Gasteiger partial charge in [-0.1, -0.05) is 58.5 Å². The van der Waals surface area contributed by atoms with Crippen molar-refractivity contribution < 1.29 is 19.8 Å². The molecule has 122 valence electrons. The molecule has 4 nitrogen and oxygen atoms in total. The maximum atomic E-state index is 11.4. The fraction of sp³-hybridized carbons (Fsp3) is 0.333. The van der Waals surface area contributed by atoms with Crippen LogP contribution in [0, 0.1) is 0 Å². The summed E-state index contributed by atoms with van der Waals surface area (Å²) in [5.41, 5.74) is -2.02. The molecule has 10 heteroatoms. The molecule has 0 aliphatic rings. The molecular weight excluding hydrogens is 421 g/mol. The van der Waals surface area contributed by atoms with E-state index in [1.165, 1.54) is 0 Å². The highest BCUT2D eigenvalue weighted by Gasteiger charge is 2.39. The Morgan fingerprint density at radius 1 is 0.909 bits per heavy atom. The van der Waals surface area contributed by atoms with Gasteiger partial charge in [0, 0.05) is 16.7 Å². The Kier molecular flexibility index (Phi) is 6.53. The monoisotopic (exact) mass is 424 g/mol. The van der Waals surface area contributed by atoms with Crippen LogP contribution in [0.4, 0.5) is 0 Å². The molecule has 0 spiro atoms. The van der Waals surface area contributed by atoms with E-state index in [-0.39, 0.29) is 11.4 Å². The van der Waals surface area contributed by atoms with Gasteiger partial charge in [0.05, 0.1) is 23.7 Å². The molecule has 0 unspecified atom stereocenters. The molecule has 0 aliphatic carbocycles. The van der Waals surface area contributed by atoms with E-state index in [4.69, 9.17) is 69.6 Å². The summed E-state index contributed by atoms with van der Waals surface area (Å²) >= 11 is 35.4. The van der Waals surface area contributed by atoms with Crippen LogP contribution in [0.15, 0.2) is 12.1 Å². The summed E-state index contributed by atoms with van der Waals surface area (Å²) in [7, 11) is 0. The number of carbonyl (C=O) groups excluding carboxylic acids is 2. The van der Waals surface area contributed by atoms with Gasteiger partial charge in [-0.05, 0) is 5.56 Å². The van der Waals surface area contributed by atoms with E-state index in [1.54, 1.807) is 0 Å². The highest BCUT2D eigenvalue weighted by Crippen LogP contribution is 2.47. The van der Waals surface area contributed by atoms with E-state index >= 15 is 0 Å². The van der Waals surface area contributed by atoms with Gasteiger partial charge >= 0.3 is 0 Å². The Bertz CT molecular complexity index is 614. The second kappa shape index (κ2) is 7.20. The topological polar surface area (TPSA) is 80.3 Å². The first-order valence-electron chi connectivity index (χ1n) is 5.47. The number of hydrogen-bond donors (Lipinski definition) is 0. The van der Waals surface area contributed by atoms with Gasteiger partial charge in [-0.2, -0.15) is 0 Å². The standard InChI is InChI=1S/C12H8Cl6O4/c13-3-11(15,16)6-2-1-5(9(19)20)7(10(21)22)8(6)12(17,18)4-14/h1-2H,3-4H2,(H,19,20)(H,21,22)/p-2. The van der Waals surface area contributed by atoms with Crippen LogP contribution in [0.3, 0.4) is 0 Å². The summed E-state index contributed by atoms with van der Waals surface area (Å²) in [5, 5.41) is 22.5. The van der Waals surface area contributed by atoms with Gasteiger partial charge in [0.2, 0.25) is 0 Å². The minimum atomic E-state index is -2.00. The SMILES string of the molecule is O=C([O-])c1ccc(C(Cl)(Cl)CCl)c(C(Cl)(Cl)CCl)c1C(=O)[O-]. The summed E-state index contributed by atoms with van der Waals surface area (Å²) in [6, 6.07) is 2.07. The van der Waals surface area contributed by atoms with Crippen molar-refractivity contribution in [2.24, 2.45) is 0 Å². The fourth-order valence-corrected chi connectivity index (χ4v) is 2.79. The Labute approximate surface area is 155 Å². The lowest BCUT2D eigenvalue weighted by Gasteiger charge is -2.31. The molecule has 0 aliphatic heterocycles. The first-order chi connectivity index (χ1) is 9.99. The Hall–Kier alpha value is -0.100. The number of carboxylic acid groups (broad SMARTS) is 2. The van der Waals surface area contributed by atoms with Gasteiger partial charge in [-0.15, -0.1) is 23.2 Å². The third-order valence-electron chi connectivity index (χ3n) is 2.72. The largest absolute Gasteiger partial charge is 0.545 e. The smallest absolute Gasteiger partial charge is 0.157 e. The van der Waals surface area contributed by atoms with Crippen molar-refractivity contribution in [2.45, 2.75) is 8.67 Å². The van der Waals surface area contributed by atoms with E-state index in [0.717, 1.165) is 12.1 Å². The maximum Gasteiger partial charge on any atom is 0.157 e. The van der Waals surface area contributed by atoms with E-state index in [0.29, 0.717) is 0 Å². The van der Waals surface area contributed by atoms with Gasteiger partial charge in [0.1, 0.15) is 0 Å². The number of carboxylic acids is 2. The minimum absolute atomic E-state index is 0.0966. The van der Waals surface area contributed by atoms with Gasteiger partial charge < -0.3 is 19.8 Å². The highest BCUT2D eigenvalue weighted by atomic mass is 35.5. The zero-order chi connectivity index (χ0) is 17.3. The van der Waals surface area contributed by atoms with Crippen LogP contribution >= 0.6 is 69.6 Å². The average molecular weight is 427 g/mol. The van der Waals surface area contributed by atoms with Crippen molar-refractivity contribution in [2.75, 3.05) is 11.8 Å². The Morgan fingerprint density at radius 3 is 1.77 bits per heavy atom. The third-order valence-corrected chi connectivity index (χ3v) is 5.39. The minimum Gasteiger partial charge on any atom is -0.545 e. The van der Waals surface area contributed by atoms with Crippen molar-refractivity contribution in [3.8, 4) is 0 Å². The summed E-state index contributed by atoms with van der Waals surface area (Å²) in [6.07, 6.45) is 0. The normalized spacial score (nSPS) is 12.3. The Morgan fingerprint density at radius 2 is 1.41 bits per heavy atom. The summed E-state index contributed by atoms with van der Waals surface area (Å²) in [6.45, 7) is 0. The maximum absolute atomic E-state index is 11.4. The van der Waals surface area contributed by atoms with Gasteiger partial charge in [0.15, 0.2) is 8.67 Å². The molecule has 0 N–H and O–H groups in total. The number of benzene rings is 1. The van der Waals surface area contributed by atoms with E-state index in [1.807, 2.05) is 0 Å². The molecular formula is C12H6Cl6O4-2. The lowest BCUT2D eigenvalue weighted by atomic mass is 9.91. The van der Waals surface area contributed by atoms with Crippen LogP contribution in [0.1, 0.15) is 31.8 Å². The third kappa shape index (κ3) is 3.86. The van der Waals surface area contributed by atoms with Crippen LogP contribution in [0.2, 0.25) is 0 Å². The van der Waals surface area contributed by atoms with E-state index < -0.39 is 43.2 Å². The molecule has 0 aromatic heterocycles. The zero-order valence-electron chi connectivity index (χ0n) is 10.5. The quantitative estimate of drug-likeness (QED) is 0.653. The molecule has 1 aromatic carbocycles. The molecule has 1 aromatic rings. The fourth-order valence-electron chi connectivity index (χ4n) is 1.81. The molecule has 0 amide bonds. The number of carbonyl (C=O) groups is 2. The van der Waals surface area contributed by atoms with Crippen molar-refractivity contribution in [3.63, 3.8) is 0 Å². The number of rotatable bonds is 6. The average Bonchev–Trinajstić information content (AvgIpc) is 2.45.